The van der Waals surface area contributed by atoms with Gasteiger partial charge in [-0.25, -0.2) is 4.98 Å². The van der Waals surface area contributed by atoms with Gasteiger partial charge in [0, 0.05) is 12.1 Å². The van der Waals surface area contributed by atoms with Crippen LogP contribution in [0.25, 0.3) is 0 Å². The minimum Gasteiger partial charge on any atom is -0.448 e. The van der Waals surface area contributed by atoms with Gasteiger partial charge in [0.05, 0.1) is 0 Å². The number of oxazole rings is 1. The van der Waals surface area contributed by atoms with Crippen molar-refractivity contribution < 1.29 is 9.21 Å². The Morgan fingerprint density at radius 2 is 2.33 bits per heavy atom. The molecular weight excluding hydrogens is 192 g/mol. The zero-order valence-electron chi connectivity index (χ0n) is 8.82. The summed E-state index contributed by atoms with van der Waals surface area (Å²) in [5.74, 6) is 0.675. The Morgan fingerprint density at radius 1 is 1.53 bits per heavy atom. The molecule has 2 fully saturated rings. The molecule has 0 radical (unpaired) electrons. The summed E-state index contributed by atoms with van der Waals surface area (Å²) in [6.45, 7) is 2.67. The lowest BCUT2D eigenvalue weighted by Crippen LogP contribution is -2.65. The van der Waals surface area contributed by atoms with Crippen LogP contribution in [0.15, 0.2) is 10.8 Å². The molecule has 1 aliphatic heterocycles. The van der Waals surface area contributed by atoms with E-state index in [0.717, 1.165) is 25.8 Å². The maximum atomic E-state index is 12.1. The lowest BCUT2D eigenvalue weighted by molar-refractivity contribution is -0.0491. The van der Waals surface area contributed by atoms with Gasteiger partial charge in [-0.15, -0.1) is 0 Å². The van der Waals surface area contributed by atoms with Crippen molar-refractivity contribution in [2.45, 2.75) is 38.1 Å². The number of nitrogens with zero attached hydrogens (tertiary/aromatic N) is 2. The number of aromatic nitrogens is 1. The van der Waals surface area contributed by atoms with Crippen LogP contribution in [0.3, 0.4) is 0 Å². The molecule has 1 spiro atoms. The number of aryl methyl sites for hydroxylation is 1. The van der Waals surface area contributed by atoms with Crippen molar-refractivity contribution in [3.63, 3.8) is 0 Å². The fourth-order valence-electron chi connectivity index (χ4n) is 2.60. The molecule has 0 aromatic carbocycles. The molecule has 2 aliphatic rings. The number of carbonyl (C=O) groups is 1. The first-order chi connectivity index (χ1) is 7.23. The fourth-order valence-corrected chi connectivity index (χ4v) is 2.60. The van der Waals surface area contributed by atoms with E-state index >= 15 is 0 Å². The summed E-state index contributed by atoms with van der Waals surface area (Å²) >= 11 is 0. The van der Waals surface area contributed by atoms with Gasteiger partial charge >= 0.3 is 0 Å². The predicted molar refractivity (Wildman–Crippen MR) is 53.5 cm³/mol. The Kier molecular flexibility index (Phi) is 1.69. The van der Waals surface area contributed by atoms with Crippen molar-refractivity contribution in [3.05, 3.63) is 17.8 Å². The number of likely N-dealkylation sites (tertiary alicyclic amines) is 1. The molecule has 1 aromatic heterocycles. The topological polar surface area (TPSA) is 46.3 Å². The summed E-state index contributed by atoms with van der Waals surface area (Å²) < 4.78 is 5.07. The Hall–Kier alpha value is -1.32. The van der Waals surface area contributed by atoms with Gasteiger partial charge in [-0.1, -0.05) is 0 Å². The smallest absolute Gasteiger partial charge is 0.276 e. The Bertz CT molecular complexity index is 401. The molecule has 0 bridgehead atoms. The first kappa shape index (κ1) is 8.95. The first-order valence-electron chi connectivity index (χ1n) is 5.45. The highest BCUT2D eigenvalue weighted by Crippen LogP contribution is 2.47. The van der Waals surface area contributed by atoms with Crippen LogP contribution in [-0.2, 0) is 0 Å². The van der Waals surface area contributed by atoms with Crippen LogP contribution in [0, 0.1) is 6.92 Å². The second-order valence-corrected chi connectivity index (χ2v) is 4.54. The summed E-state index contributed by atoms with van der Waals surface area (Å²) in [6.07, 6.45) is 6.08. The van der Waals surface area contributed by atoms with Gasteiger partial charge in [0.2, 0.25) is 0 Å². The highest BCUT2D eigenvalue weighted by atomic mass is 16.3. The number of hydrogen-bond donors (Lipinski definition) is 0. The van der Waals surface area contributed by atoms with E-state index < -0.39 is 0 Å². The lowest BCUT2D eigenvalue weighted by Gasteiger charge is -2.58. The molecular formula is C11H14N2O2. The second-order valence-electron chi connectivity index (χ2n) is 4.54. The molecule has 1 aliphatic carbocycles. The number of hydrogen-bond acceptors (Lipinski definition) is 3. The van der Waals surface area contributed by atoms with E-state index in [-0.39, 0.29) is 11.4 Å². The van der Waals surface area contributed by atoms with Crippen molar-refractivity contribution in [1.82, 2.24) is 9.88 Å². The molecule has 4 nitrogen and oxygen atoms in total. The van der Waals surface area contributed by atoms with Crippen LogP contribution in [0.1, 0.15) is 41.9 Å². The monoisotopic (exact) mass is 206 g/mol. The highest BCUT2D eigenvalue weighted by molar-refractivity contribution is 5.94. The molecule has 1 aromatic rings. The van der Waals surface area contributed by atoms with Gasteiger partial charge in [-0.3, -0.25) is 4.79 Å². The molecule has 0 N–H and O–H groups in total. The van der Waals surface area contributed by atoms with Gasteiger partial charge in [-0.2, -0.15) is 0 Å². The van der Waals surface area contributed by atoms with E-state index in [0.29, 0.717) is 11.5 Å². The first-order valence-corrected chi connectivity index (χ1v) is 5.45. The maximum Gasteiger partial charge on any atom is 0.276 e. The molecule has 0 atom stereocenters. The Morgan fingerprint density at radius 3 is 2.73 bits per heavy atom. The number of carbonyl (C=O) groups excluding carboxylic acids is 1. The minimum atomic E-state index is 0.0483. The standard InChI is InChI=1S/C11H14N2O2/c1-8-9(12-7-15-8)10(14)13-6-5-11(13)3-2-4-11/h7H,2-6H2,1H3. The Labute approximate surface area is 88.3 Å². The van der Waals surface area contributed by atoms with Gasteiger partial charge in [-0.05, 0) is 32.6 Å². The van der Waals surface area contributed by atoms with Crippen LogP contribution >= 0.6 is 0 Å². The number of amides is 1. The third-order valence-electron chi connectivity index (χ3n) is 3.85. The maximum absolute atomic E-state index is 12.1. The lowest BCUT2D eigenvalue weighted by atomic mass is 9.67. The molecule has 0 unspecified atom stereocenters. The summed E-state index contributed by atoms with van der Waals surface area (Å²) in [5, 5.41) is 0. The molecule has 1 saturated heterocycles. The van der Waals surface area contributed by atoms with Crippen LogP contribution < -0.4 is 0 Å². The average molecular weight is 206 g/mol. The normalized spacial score (nSPS) is 22.3. The van der Waals surface area contributed by atoms with Crippen molar-refractivity contribution >= 4 is 5.91 Å². The molecule has 1 amide bonds. The average Bonchev–Trinajstić information content (AvgIpc) is 2.46. The summed E-state index contributed by atoms with van der Waals surface area (Å²) in [6, 6.07) is 0. The quantitative estimate of drug-likeness (QED) is 0.703. The molecule has 4 heteroatoms. The molecule has 15 heavy (non-hydrogen) atoms. The van der Waals surface area contributed by atoms with Gasteiger partial charge < -0.3 is 9.32 Å². The van der Waals surface area contributed by atoms with Gasteiger partial charge in [0.25, 0.3) is 5.91 Å². The molecule has 1 saturated carbocycles. The van der Waals surface area contributed by atoms with E-state index in [9.17, 15) is 4.79 Å². The highest BCUT2D eigenvalue weighted by Gasteiger charge is 2.51. The van der Waals surface area contributed by atoms with E-state index in [4.69, 9.17) is 4.42 Å². The van der Waals surface area contributed by atoms with Crippen molar-refractivity contribution in [1.29, 1.82) is 0 Å². The van der Waals surface area contributed by atoms with Gasteiger partial charge in [0.1, 0.15) is 5.76 Å². The van der Waals surface area contributed by atoms with E-state index in [1.54, 1.807) is 6.92 Å². The molecule has 2 heterocycles. The van der Waals surface area contributed by atoms with Crippen molar-refractivity contribution in [2.75, 3.05) is 6.54 Å². The van der Waals surface area contributed by atoms with Gasteiger partial charge in [0.15, 0.2) is 12.1 Å². The van der Waals surface area contributed by atoms with Crippen LogP contribution in [0.4, 0.5) is 0 Å². The minimum absolute atomic E-state index is 0.0483. The largest absolute Gasteiger partial charge is 0.448 e. The van der Waals surface area contributed by atoms with Crippen LogP contribution in [0.2, 0.25) is 0 Å². The van der Waals surface area contributed by atoms with Crippen molar-refractivity contribution in [2.24, 2.45) is 0 Å². The molecule has 3 rings (SSSR count). The third-order valence-corrected chi connectivity index (χ3v) is 3.85. The Balaban J connectivity index is 1.84. The zero-order valence-corrected chi connectivity index (χ0v) is 8.82. The molecule has 80 valence electrons. The predicted octanol–water partition coefficient (Wildman–Crippen LogP) is 1.75. The summed E-state index contributed by atoms with van der Waals surface area (Å²) in [7, 11) is 0. The second kappa shape index (κ2) is 2.84. The SMILES string of the molecule is Cc1ocnc1C(=O)N1CCC12CCC2. The van der Waals surface area contributed by atoms with Crippen LogP contribution in [-0.4, -0.2) is 27.9 Å². The summed E-state index contributed by atoms with van der Waals surface area (Å²) in [5.41, 5.74) is 0.684. The summed E-state index contributed by atoms with van der Waals surface area (Å²) in [4.78, 5) is 18.1. The van der Waals surface area contributed by atoms with Crippen molar-refractivity contribution in [3.8, 4) is 0 Å². The van der Waals surface area contributed by atoms with Crippen LogP contribution in [0.5, 0.6) is 0 Å². The third kappa shape index (κ3) is 1.07. The fraction of sp³-hybridized carbons (Fsp3) is 0.636. The van der Waals surface area contributed by atoms with E-state index in [1.807, 2.05) is 4.90 Å². The number of rotatable bonds is 1. The zero-order chi connectivity index (χ0) is 10.5. The van der Waals surface area contributed by atoms with E-state index in [1.165, 1.54) is 12.8 Å². The van der Waals surface area contributed by atoms with E-state index in [2.05, 4.69) is 4.98 Å².